The maximum absolute atomic E-state index is 10.4. The third-order valence-corrected chi connectivity index (χ3v) is 4.15. The second-order valence-electron chi connectivity index (χ2n) is 4.34. The minimum atomic E-state index is -0.755. The van der Waals surface area contributed by atoms with Gasteiger partial charge in [0.25, 0.3) is 0 Å². The molecule has 2 unspecified atom stereocenters. The van der Waals surface area contributed by atoms with Gasteiger partial charge in [0.05, 0.1) is 5.60 Å². The Bertz CT molecular complexity index is 300. The fourth-order valence-corrected chi connectivity index (χ4v) is 2.58. The monoisotopic (exact) mass is 239 g/mol. The van der Waals surface area contributed by atoms with Crippen LogP contribution >= 0.6 is 11.8 Å². The van der Waals surface area contributed by atoms with Crippen molar-refractivity contribution in [2.75, 3.05) is 12.3 Å². The lowest BCUT2D eigenvalue weighted by Gasteiger charge is -2.25. The first kappa shape index (κ1) is 13.6. The van der Waals surface area contributed by atoms with Gasteiger partial charge in [0.15, 0.2) is 0 Å². The number of rotatable bonds is 6. The molecule has 0 radical (unpaired) electrons. The molecule has 0 aliphatic heterocycles. The Balaban J connectivity index is 2.52. The molecule has 90 valence electrons. The molecule has 16 heavy (non-hydrogen) atoms. The lowest BCUT2D eigenvalue weighted by molar-refractivity contribution is 0.0838. The molecule has 0 fully saturated rings. The summed E-state index contributed by atoms with van der Waals surface area (Å²) in [4.78, 5) is 0. The molecule has 1 aromatic rings. The summed E-state index contributed by atoms with van der Waals surface area (Å²) in [7, 11) is 0. The van der Waals surface area contributed by atoms with Gasteiger partial charge in [-0.25, -0.2) is 0 Å². The molecular weight excluding hydrogens is 218 g/mol. The molecule has 1 aromatic carbocycles. The summed E-state index contributed by atoms with van der Waals surface area (Å²) in [5, 5.41) is 10.9. The van der Waals surface area contributed by atoms with E-state index in [9.17, 15) is 5.11 Å². The first-order valence-corrected chi connectivity index (χ1v) is 6.70. The number of benzene rings is 1. The quantitative estimate of drug-likeness (QED) is 0.801. The molecule has 0 aliphatic rings. The van der Waals surface area contributed by atoms with Crippen molar-refractivity contribution < 1.29 is 5.11 Å². The maximum atomic E-state index is 10.4. The standard InChI is InChI=1S/C13H21NOS/c1-11(8-9-14)16-10-13(2,15)12-6-4-3-5-7-12/h3-7,11,15H,8-10,14H2,1-2H3. The molecule has 0 aromatic heterocycles. The van der Waals surface area contributed by atoms with E-state index in [0.29, 0.717) is 17.5 Å². The van der Waals surface area contributed by atoms with E-state index in [4.69, 9.17) is 5.73 Å². The van der Waals surface area contributed by atoms with Crippen LogP contribution in [0.3, 0.4) is 0 Å². The Morgan fingerprint density at radius 2 is 2.00 bits per heavy atom. The van der Waals surface area contributed by atoms with E-state index >= 15 is 0 Å². The summed E-state index contributed by atoms with van der Waals surface area (Å²) in [6, 6.07) is 9.81. The van der Waals surface area contributed by atoms with Crippen molar-refractivity contribution in [1.82, 2.24) is 0 Å². The van der Waals surface area contributed by atoms with E-state index in [2.05, 4.69) is 6.92 Å². The fraction of sp³-hybridized carbons (Fsp3) is 0.538. The zero-order valence-corrected chi connectivity index (χ0v) is 10.8. The summed E-state index contributed by atoms with van der Waals surface area (Å²) in [5.74, 6) is 0.707. The Hall–Kier alpha value is -0.510. The van der Waals surface area contributed by atoms with Crippen LogP contribution in [0.2, 0.25) is 0 Å². The van der Waals surface area contributed by atoms with Gasteiger partial charge >= 0.3 is 0 Å². The average molecular weight is 239 g/mol. The normalized spacial score (nSPS) is 16.8. The van der Waals surface area contributed by atoms with Crippen molar-refractivity contribution in [2.45, 2.75) is 31.1 Å². The summed E-state index contributed by atoms with van der Waals surface area (Å²) in [6.45, 7) is 4.73. The SMILES string of the molecule is CC(CCN)SCC(C)(O)c1ccccc1. The fourth-order valence-electron chi connectivity index (χ4n) is 1.50. The van der Waals surface area contributed by atoms with Gasteiger partial charge in [0.1, 0.15) is 0 Å². The third-order valence-electron chi connectivity index (χ3n) is 2.62. The van der Waals surface area contributed by atoms with Gasteiger partial charge in [-0.1, -0.05) is 37.3 Å². The van der Waals surface area contributed by atoms with Crippen molar-refractivity contribution in [3.63, 3.8) is 0 Å². The summed E-state index contributed by atoms with van der Waals surface area (Å²) in [5.41, 5.74) is 5.72. The number of hydrogen-bond acceptors (Lipinski definition) is 3. The lowest BCUT2D eigenvalue weighted by atomic mass is 9.99. The highest BCUT2D eigenvalue weighted by molar-refractivity contribution is 7.99. The highest BCUT2D eigenvalue weighted by Crippen LogP contribution is 2.27. The molecule has 0 heterocycles. The predicted molar refractivity (Wildman–Crippen MR) is 71.6 cm³/mol. The first-order chi connectivity index (χ1) is 7.56. The predicted octanol–water partition coefficient (Wildman–Crippen LogP) is 2.36. The van der Waals surface area contributed by atoms with Gasteiger partial charge in [-0.15, -0.1) is 0 Å². The lowest BCUT2D eigenvalue weighted by Crippen LogP contribution is -2.25. The number of thioether (sulfide) groups is 1. The van der Waals surface area contributed by atoms with Crippen molar-refractivity contribution in [3.05, 3.63) is 35.9 Å². The van der Waals surface area contributed by atoms with Crippen LogP contribution in [-0.2, 0) is 5.60 Å². The van der Waals surface area contributed by atoms with E-state index in [0.717, 1.165) is 12.0 Å². The molecular formula is C13H21NOS. The van der Waals surface area contributed by atoms with Crippen LogP contribution in [-0.4, -0.2) is 22.7 Å². The van der Waals surface area contributed by atoms with Crippen LogP contribution in [0.4, 0.5) is 0 Å². The second-order valence-corrected chi connectivity index (χ2v) is 5.77. The van der Waals surface area contributed by atoms with Gasteiger partial charge in [0.2, 0.25) is 0 Å². The molecule has 0 saturated carbocycles. The maximum Gasteiger partial charge on any atom is 0.0958 e. The van der Waals surface area contributed by atoms with E-state index in [1.54, 1.807) is 11.8 Å². The van der Waals surface area contributed by atoms with Gasteiger partial charge in [-0.3, -0.25) is 0 Å². The molecule has 0 bridgehead atoms. The van der Waals surface area contributed by atoms with E-state index < -0.39 is 5.60 Å². The van der Waals surface area contributed by atoms with Crippen molar-refractivity contribution in [3.8, 4) is 0 Å². The summed E-state index contributed by atoms with van der Waals surface area (Å²) >= 11 is 1.77. The molecule has 2 nitrogen and oxygen atoms in total. The molecule has 3 heteroatoms. The summed E-state index contributed by atoms with van der Waals surface area (Å²) in [6.07, 6.45) is 0.996. The smallest absolute Gasteiger partial charge is 0.0958 e. The molecule has 0 aliphatic carbocycles. The zero-order chi connectivity index (χ0) is 12.0. The van der Waals surface area contributed by atoms with Gasteiger partial charge in [0, 0.05) is 11.0 Å². The molecule has 0 saturated heterocycles. The molecule has 1 rings (SSSR count). The molecule has 0 spiro atoms. The number of hydrogen-bond donors (Lipinski definition) is 2. The minimum Gasteiger partial charge on any atom is -0.385 e. The third kappa shape index (κ3) is 4.16. The minimum absolute atomic E-state index is 0.500. The van der Waals surface area contributed by atoms with Crippen molar-refractivity contribution in [1.29, 1.82) is 0 Å². The van der Waals surface area contributed by atoms with Crippen molar-refractivity contribution in [2.24, 2.45) is 5.73 Å². The Labute approximate surface area is 102 Å². The van der Waals surface area contributed by atoms with Crippen LogP contribution in [0, 0.1) is 0 Å². The largest absolute Gasteiger partial charge is 0.385 e. The highest BCUT2D eigenvalue weighted by Gasteiger charge is 2.23. The van der Waals surface area contributed by atoms with Crippen LogP contribution < -0.4 is 5.73 Å². The van der Waals surface area contributed by atoms with Crippen LogP contribution in [0.15, 0.2) is 30.3 Å². The van der Waals surface area contributed by atoms with E-state index in [-0.39, 0.29) is 0 Å². The second kappa shape index (κ2) is 6.28. The Morgan fingerprint density at radius 1 is 1.38 bits per heavy atom. The first-order valence-electron chi connectivity index (χ1n) is 5.66. The van der Waals surface area contributed by atoms with Gasteiger partial charge in [-0.2, -0.15) is 11.8 Å². The Kier molecular flexibility index (Phi) is 5.32. The number of aliphatic hydroxyl groups is 1. The highest BCUT2D eigenvalue weighted by atomic mass is 32.2. The molecule has 2 atom stereocenters. The van der Waals surface area contributed by atoms with E-state index in [1.165, 1.54) is 0 Å². The van der Waals surface area contributed by atoms with Gasteiger partial charge < -0.3 is 10.8 Å². The number of nitrogens with two attached hydrogens (primary N) is 1. The van der Waals surface area contributed by atoms with Gasteiger partial charge in [-0.05, 0) is 25.5 Å². The van der Waals surface area contributed by atoms with Crippen LogP contribution in [0.1, 0.15) is 25.8 Å². The summed E-state index contributed by atoms with van der Waals surface area (Å²) < 4.78 is 0. The zero-order valence-electron chi connectivity index (χ0n) is 10.0. The average Bonchev–Trinajstić information content (AvgIpc) is 2.28. The molecule has 3 N–H and O–H groups in total. The molecule has 0 amide bonds. The topological polar surface area (TPSA) is 46.2 Å². The van der Waals surface area contributed by atoms with Crippen molar-refractivity contribution >= 4 is 11.8 Å². The van der Waals surface area contributed by atoms with E-state index in [1.807, 2.05) is 37.3 Å². The van der Waals surface area contributed by atoms with Crippen LogP contribution in [0.25, 0.3) is 0 Å². The van der Waals surface area contributed by atoms with Crippen LogP contribution in [0.5, 0.6) is 0 Å². The Morgan fingerprint density at radius 3 is 2.56 bits per heavy atom.